The first kappa shape index (κ1) is 8.17. The van der Waals surface area contributed by atoms with Crippen molar-refractivity contribution < 1.29 is 4.74 Å². The minimum atomic E-state index is 0.336. The van der Waals surface area contributed by atoms with Crippen LogP contribution >= 0.6 is 38.5 Å². The molecule has 0 bridgehead atoms. The largest absolute Gasteiger partial charge is 0.367 e. The Balaban J connectivity index is 2.83. The molecule has 0 radical (unpaired) electrons. The number of hydrogen-bond donors (Lipinski definition) is 0. The van der Waals surface area contributed by atoms with Gasteiger partial charge in [0.2, 0.25) is 0 Å². The molecular weight excluding hydrogens is 271 g/mol. The van der Waals surface area contributed by atoms with Gasteiger partial charge in [-0.1, -0.05) is 38.5 Å². The van der Waals surface area contributed by atoms with Gasteiger partial charge in [-0.15, -0.1) is 0 Å². The van der Waals surface area contributed by atoms with Gasteiger partial charge in [-0.2, -0.15) is 0 Å². The SMILES string of the molecule is CCOC(I)CBr. The molecule has 1 unspecified atom stereocenters. The topological polar surface area (TPSA) is 9.23 Å². The summed E-state index contributed by atoms with van der Waals surface area (Å²) in [5.41, 5.74) is 0. The Hall–Kier alpha value is 1.17. The molecule has 1 nitrogen and oxygen atoms in total. The Morgan fingerprint density at radius 1 is 1.86 bits per heavy atom. The smallest absolute Gasteiger partial charge is 0.118 e. The fraction of sp³-hybridized carbons (Fsp3) is 1.00. The molecule has 0 aromatic carbocycles. The van der Waals surface area contributed by atoms with Crippen LogP contribution in [0.4, 0.5) is 0 Å². The Morgan fingerprint density at radius 2 is 2.43 bits per heavy atom. The minimum absolute atomic E-state index is 0.336. The molecule has 0 rings (SSSR count). The van der Waals surface area contributed by atoms with Crippen molar-refractivity contribution in [1.82, 2.24) is 0 Å². The third kappa shape index (κ3) is 5.03. The van der Waals surface area contributed by atoms with E-state index < -0.39 is 0 Å². The summed E-state index contributed by atoms with van der Waals surface area (Å²) in [6, 6.07) is 0. The van der Waals surface area contributed by atoms with Crippen LogP contribution in [0.1, 0.15) is 6.92 Å². The highest BCUT2D eigenvalue weighted by molar-refractivity contribution is 14.1. The van der Waals surface area contributed by atoms with E-state index in [1.165, 1.54) is 0 Å². The Bertz CT molecular complexity index is 42.7. The maximum atomic E-state index is 5.13. The van der Waals surface area contributed by atoms with E-state index in [9.17, 15) is 0 Å². The van der Waals surface area contributed by atoms with Crippen molar-refractivity contribution in [1.29, 1.82) is 0 Å². The highest BCUT2D eigenvalue weighted by Gasteiger charge is 1.95. The summed E-state index contributed by atoms with van der Waals surface area (Å²) in [6.07, 6.45) is 0. The van der Waals surface area contributed by atoms with Gasteiger partial charge in [0.1, 0.15) is 4.11 Å². The molecule has 0 N–H and O–H groups in total. The predicted molar refractivity (Wildman–Crippen MR) is 43.2 cm³/mol. The Morgan fingerprint density at radius 3 is 2.57 bits per heavy atom. The molecule has 0 aliphatic heterocycles. The number of alkyl halides is 2. The summed E-state index contributed by atoms with van der Waals surface area (Å²) in [6.45, 7) is 2.80. The monoisotopic (exact) mass is 278 g/mol. The van der Waals surface area contributed by atoms with E-state index >= 15 is 0 Å². The van der Waals surface area contributed by atoms with Crippen LogP contribution in [0.5, 0.6) is 0 Å². The van der Waals surface area contributed by atoms with Crippen LogP contribution < -0.4 is 0 Å². The zero-order chi connectivity index (χ0) is 5.70. The van der Waals surface area contributed by atoms with Crippen LogP contribution in [0, 0.1) is 0 Å². The van der Waals surface area contributed by atoms with Crippen molar-refractivity contribution >= 4 is 38.5 Å². The first-order valence-corrected chi connectivity index (χ1v) is 4.49. The van der Waals surface area contributed by atoms with Crippen molar-refractivity contribution in [2.24, 2.45) is 0 Å². The van der Waals surface area contributed by atoms with Crippen molar-refractivity contribution in [3.05, 3.63) is 0 Å². The molecule has 3 heteroatoms. The summed E-state index contributed by atoms with van der Waals surface area (Å²) < 4.78 is 5.47. The van der Waals surface area contributed by atoms with Gasteiger partial charge in [0.25, 0.3) is 0 Å². The number of rotatable bonds is 3. The van der Waals surface area contributed by atoms with E-state index in [4.69, 9.17) is 4.74 Å². The molecule has 0 fully saturated rings. The molecule has 0 aromatic rings. The summed E-state index contributed by atoms with van der Waals surface area (Å²) in [4.78, 5) is 0. The minimum Gasteiger partial charge on any atom is -0.367 e. The highest BCUT2D eigenvalue weighted by atomic mass is 127. The molecule has 0 saturated carbocycles. The summed E-state index contributed by atoms with van der Waals surface area (Å²) >= 11 is 5.52. The molecular formula is C4H8BrIO. The maximum absolute atomic E-state index is 5.13. The molecule has 0 aliphatic carbocycles. The lowest BCUT2D eigenvalue weighted by Crippen LogP contribution is -2.03. The van der Waals surface area contributed by atoms with Crippen molar-refractivity contribution in [2.75, 3.05) is 11.9 Å². The van der Waals surface area contributed by atoms with Gasteiger partial charge in [0.15, 0.2) is 0 Å². The fourth-order valence-electron chi connectivity index (χ4n) is 0.225. The van der Waals surface area contributed by atoms with Crippen LogP contribution in [-0.4, -0.2) is 16.0 Å². The average Bonchev–Trinajstić information content (AvgIpc) is 1.68. The molecule has 7 heavy (non-hydrogen) atoms. The predicted octanol–water partition coefficient (Wildman–Crippen LogP) is 2.18. The van der Waals surface area contributed by atoms with E-state index in [0.29, 0.717) is 4.11 Å². The van der Waals surface area contributed by atoms with Gasteiger partial charge in [-0.25, -0.2) is 0 Å². The number of ether oxygens (including phenoxy) is 1. The summed E-state index contributed by atoms with van der Waals surface area (Å²) in [5, 5.41) is 0.918. The quantitative estimate of drug-likeness (QED) is 0.568. The molecule has 0 heterocycles. The van der Waals surface area contributed by atoms with E-state index in [1.807, 2.05) is 6.92 Å². The van der Waals surface area contributed by atoms with Crippen molar-refractivity contribution in [2.45, 2.75) is 11.0 Å². The third-order valence-corrected chi connectivity index (χ3v) is 3.07. The second-order valence-electron chi connectivity index (χ2n) is 1.02. The highest BCUT2D eigenvalue weighted by Crippen LogP contribution is 2.04. The van der Waals surface area contributed by atoms with Gasteiger partial charge < -0.3 is 4.74 Å². The van der Waals surface area contributed by atoms with Gasteiger partial charge in [-0.3, -0.25) is 0 Å². The fourth-order valence-corrected chi connectivity index (χ4v) is 0.772. The number of hydrogen-bond acceptors (Lipinski definition) is 1. The number of halogens is 2. The van der Waals surface area contributed by atoms with Crippen molar-refractivity contribution in [3.63, 3.8) is 0 Å². The van der Waals surface area contributed by atoms with Crippen LogP contribution in [0.15, 0.2) is 0 Å². The second kappa shape index (κ2) is 5.31. The van der Waals surface area contributed by atoms with E-state index in [0.717, 1.165) is 11.9 Å². The van der Waals surface area contributed by atoms with Crippen LogP contribution in [-0.2, 0) is 4.74 Å². The van der Waals surface area contributed by atoms with E-state index in [-0.39, 0.29) is 0 Å². The van der Waals surface area contributed by atoms with Crippen molar-refractivity contribution in [3.8, 4) is 0 Å². The maximum Gasteiger partial charge on any atom is 0.118 e. The van der Waals surface area contributed by atoms with E-state index in [1.54, 1.807) is 0 Å². The van der Waals surface area contributed by atoms with Gasteiger partial charge in [0.05, 0.1) is 0 Å². The molecule has 44 valence electrons. The zero-order valence-corrected chi connectivity index (χ0v) is 7.90. The lowest BCUT2D eigenvalue weighted by atomic mass is 10.8. The average molecular weight is 279 g/mol. The summed E-state index contributed by atoms with van der Waals surface area (Å²) in [5.74, 6) is 0. The third-order valence-electron chi connectivity index (χ3n) is 0.469. The molecule has 0 aliphatic rings. The van der Waals surface area contributed by atoms with Gasteiger partial charge in [-0.05, 0) is 6.92 Å². The molecule has 0 spiro atoms. The first-order valence-electron chi connectivity index (χ1n) is 2.13. The zero-order valence-electron chi connectivity index (χ0n) is 4.16. The van der Waals surface area contributed by atoms with Gasteiger partial charge >= 0.3 is 0 Å². The second-order valence-corrected chi connectivity index (χ2v) is 3.06. The van der Waals surface area contributed by atoms with Crippen LogP contribution in [0.25, 0.3) is 0 Å². The summed E-state index contributed by atoms with van der Waals surface area (Å²) in [7, 11) is 0. The lowest BCUT2D eigenvalue weighted by molar-refractivity contribution is 0.151. The van der Waals surface area contributed by atoms with Crippen LogP contribution in [0.2, 0.25) is 0 Å². The molecule has 0 amide bonds. The molecule has 0 saturated heterocycles. The normalized spacial score (nSPS) is 14.1. The lowest BCUT2D eigenvalue weighted by Gasteiger charge is -2.02. The Labute approximate surface area is 66.1 Å². The molecule has 0 aromatic heterocycles. The Kier molecular flexibility index (Phi) is 6.20. The standard InChI is InChI=1S/C4H8BrIO/c1-2-7-4(6)3-5/h4H,2-3H2,1H3. The van der Waals surface area contributed by atoms with E-state index in [2.05, 4.69) is 38.5 Å². The van der Waals surface area contributed by atoms with Crippen LogP contribution in [0.3, 0.4) is 0 Å². The first-order chi connectivity index (χ1) is 3.31. The van der Waals surface area contributed by atoms with Gasteiger partial charge in [0, 0.05) is 11.9 Å². The molecule has 1 atom stereocenters.